The SMILES string of the molecule is O=C(c1csc(-c2ccc(Cl)cc2)n1)N(Cc1ccc(F)cc1)C1CC1. The highest BCUT2D eigenvalue weighted by atomic mass is 35.5. The average Bonchev–Trinajstić information content (AvgIpc) is 3.37. The molecule has 1 saturated carbocycles. The molecule has 26 heavy (non-hydrogen) atoms. The maximum atomic E-state index is 13.1. The number of rotatable bonds is 5. The van der Waals surface area contributed by atoms with Crippen LogP contribution in [0.1, 0.15) is 28.9 Å². The van der Waals surface area contributed by atoms with Crippen LogP contribution >= 0.6 is 22.9 Å². The van der Waals surface area contributed by atoms with Gasteiger partial charge in [0.2, 0.25) is 0 Å². The lowest BCUT2D eigenvalue weighted by Crippen LogP contribution is -2.32. The van der Waals surface area contributed by atoms with E-state index in [0.717, 1.165) is 29.0 Å². The monoisotopic (exact) mass is 386 g/mol. The molecule has 4 rings (SSSR count). The van der Waals surface area contributed by atoms with Crippen molar-refractivity contribution in [1.82, 2.24) is 9.88 Å². The predicted molar refractivity (Wildman–Crippen MR) is 102 cm³/mol. The van der Waals surface area contributed by atoms with Crippen molar-refractivity contribution in [2.24, 2.45) is 0 Å². The van der Waals surface area contributed by atoms with Gasteiger partial charge in [-0.25, -0.2) is 9.37 Å². The molecule has 0 unspecified atom stereocenters. The summed E-state index contributed by atoms with van der Waals surface area (Å²) < 4.78 is 13.1. The lowest BCUT2D eigenvalue weighted by molar-refractivity contribution is 0.0725. The summed E-state index contributed by atoms with van der Waals surface area (Å²) in [5.74, 6) is -0.349. The number of benzene rings is 2. The first-order valence-electron chi connectivity index (χ1n) is 8.37. The highest BCUT2D eigenvalue weighted by Crippen LogP contribution is 2.31. The van der Waals surface area contributed by atoms with Crippen molar-refractivity contribution < 1.29 is 9.18 Å². The molecule has 132 valence electrons. The molecule has 0 saturated heterocycles. The minimum Gasteiger partial charge on any atom is -0.330 e. The molecular weight excluding hydrogens is 371 g/mol. The van der Waals surface area contributed by atoms with Crippen molar-refractivity contribution in [3.8, 4) is 10.6 Å². The molecule has 1 heterocycles. The van der Waals surface area contributed by atoms with Crippen LogP contribution in [0.2, 0.25) is 5.02 Å². The molecule has 0 N–H and O–H groups in total. The third kappa shape index (κ3) is 3.79. The fourth-order valence-corrected chi connectivity index (χ4v) is 3.71. The Hall–Kier alpha value is -2.24. The van der Waals surface area contributed by atoms with Gasteiger partial charge in [-0.1, -0.05) is 35.9 Å². The van der Waals surface area contributed by atoms with Gasteiger partial charge in [0.05, 0.1) is 0 Å². The van der Waals surface area contributed by atoms with Crippen molar-refractivity contribution in [2.75, 3.05) is 0 Å². The predicted octanol–water partition coefficient (Wildman–Crippen LogP) is 5.41. The van der Waals surface area contributed by atoms with Gasteiger partial charge in [-0.2, -0.15) is 0 Å². The molecule has 1 aliphatic rings. The van der Waals surface area contributed by atoms with Crippen molar-refractivity contribution in [1.29, 1.82) is 0 Å². The Morgan fingerprint density at radius 1 is 1.15 bits per heavy atom. The van der Waals surface area contributed by atoms with Crippen LogP contribution in [-0.4, -0.2) is 21.8 Å². The summed E-state index contributed by atoms with van der Waals surface area (Å²) in [6, 6.07) is 13.9. The molecule has 0 spiro atoms. The summed E-state index contributed by atoms with van der Waals surface area (Å²) in [4.78, 5) is 19.3. The Balaban J connectivity index is 1.54. The van der Waals surface area contributed by atoms with Crippen LogP contribution < -0.4 is 0 Å². The maximum absolute atomic E-state index is 13.1. The minimum absolute atomic E-state index is 0.0757. The minimum atomic E-state index is -0.273. The van der Waals surface area contributed by atoms with Gasteiger partial charge in [0.15, 0.2) is 0 Å². The van der Waals surface area contributed by atoms with Crippen LogP contribution in [0.15, 0.2) is 53.9 Å². The fourth-order valence-electron chi connectivity index (χ4n) is 2.78. The number of hydrogen-bond acceptors (Lipinski definition) is 3. The summed E-state index contributed by atoms with van der Waals surface area (Å²) >= 11 is 7.37. The van der Waals surface area contributed by atoms with Gasteiger partial charge < -0.3 is 4.90 Å². The molecule has 6 heteroatoms. The summed E-state index contributed by atoms with van der Waals surface area (Å²) in [6.07, 6.45) is 2.00. The van der Waals surface area contributed by atoms with E-state index in [2.05, 4.69) is 4.98 Å². The lowest BCUT2D eigenvalue weighted by Gasteiger charge is -2.21. The van der Waals surface area contributed by atoms with Gasteiger partial charge >= 0.3 is 0 Å². The number of thiazole rings is 1. The van der Waals surface area contributed by atoms with Crippen LogP contribution in [0, 0.1) is 5.82 Å². The van der Waals surface area contributed by atoms with Crippen LogP contribution in [0.25, 0.3) is 10.6 Å². The van der Waals surface area contributed by atoms with Crippen molar-refractivity contribution in [2.45, 2.75) is 25.4 Å². The normalized spacial score (nSPS) is 13.6. The van der Waals surface area contributed by atoms with Gasteiger partial charge in [-0.15, -0.1) is 11.3 Å². The second kappa shape index (κ2) is 7.17. The quantitative estimate of drug-likeness (QED) is 0.587. The Morgan fingerprint density at radius 2 is 1.85 bits per heavy atom. The van der Waals surface area contributed by atoms with E-state index in [4.69, 9.17) is 11.6 Å². The van der Waals surface area contributed by atoms with Crippen molar-refractivity contribution >= 4 is 28.8 Å². The van der Waals surface area contributed by atoms with Crippen LogP contribution in [-0.2, 0) is 6.54 Å². The van der Waals surface area contributed by atoms with E-state index < -0.39 is 0 Å². The van der Waals surface area contributed by atoms with Crippen LogP contribution in [0.5, 0.6) is 0 Å². The third-order valence-electron chi connectivity index (χ3n) is 4.33. The fraction of sp³-hybridized carbons (Fsp3) is 0.200. The number of nitrogens with zero attached hydrogens (tertiary/aromatic N) is 2. The summed E-state index contributed by atoms with van der Waals surface area (Å²) in [6.45, 7) is 0.470. The van der Waals surface area contributed by atoms with Gasteiger partial charge in [-0.3, -0.25) is 4.79 Å². The Labute approximate surface area is 160 Å². The molecule has 1 fully saturated rings. The molecule has 3 nitrogen and oxygen atoms in total. The third-order valence-corrected chi connectivity index (χ3v) is 5.47. The highest BCUT2D eigenvalue weighted by molar-refractivity contribution is 7.13. The molecule has 2 aromatic carbocycles. The Bertz CT molecular complexity index is 920. The van der Waals surface area contributed by atoms with Gasteiger partial charge in [0.1, 0.15) is 16.5 Å². The number of hydrogen-bond donors (Lipinski definition) is 0. The highest BCUT2D eigenvalue weighted by Gasteiger charge is 2.34. The van der Waals surface area contributed by atoms with Crippen molar-refractivity contribution in [3.05, 3.63) is 76.0 Å². The zero-order chi connectivity index (χ0) is 18.1. The van der Waals surface area contributed by atoms with Gasteiger partial charge in [0, 0.05) is 28.6 Å². The Kier molecular flexibility index (Phi) is 4.74. The van der Waals surface area contributed by atoms with E-state index >= 15 is 0 Å². The smallest absolute Gasteiger partial charge is 0.273 e. The van der Waals surface area contributed by atoms with E-state index in [-0.39, 0.29) is 17.8 Å². The standard InChI is InChI=1S/C20H16ClFN2OS/c21-15-5-3-14(4-6-15)19-23-18(12-26-19)20(25)24(17-9-10-17)11-13-1-7-16(22)8-2-13/h1-8,12,17H,9-11H2. The number of amides is 1. The average molecular weight is 387 g/mol. The molecule has 0 bridgehead atoms. The zero-order valence-electron chi connectivity index (χ0n) is 13.9. The number of carbonyl (C=O) groups is 1. The zero-order valence-corrected chi connectivity index (χ0v) is 15.4. The first-order valence-corrected chi connectivity index (χ1v) is 9.63. The van der Waals surface area contributed by atoms with Crippen LogP contribution in [0.4, 0.5) is 4.39 Å². The molecule has 1 aliphatic carbocycles. The first-order chi connectivity index (χ1) is 12.6. The number of halogens is 2. The largest absolute Gasteiger partial charge is 0.330 e. The second-order valence-corrected chi connectivity index (χ2v) is 7.63. The van der Waals surface area contributed by atoms with Gasteiger partial charge in [-0.05, 0) is 42.7 Å². The van der Waals surface area contributed by atoms with E-state index in [1.54, 1.807) is 17.5 Å². The molecule has 1 amide bonds. The number of aromatic nitrogens is 1. The summed E-state index contributed by atoms with van der Waals surface area (Å²) in [7, 11) is 0. The molecule has 1 aromatic heterocycles. The first kappa shape index (κ1) is 17.2. The molecule has 0 aliphatic heterocycles. The molecule has 3 aromatic rings. The van der Waals surface area contributed by atoms with Gasteiger partial charge in [0.25, 0.3) is 5.91 Å². The second-order valence-electron chi connectivity index (χ2n) is 6.34. The topological polar surface area (TPSA) is 33.2 Å². The maximum Gasteiger partial charge on any atom is 0.273 e. The number of carbonyl (C=O) groups excluding carboxylic acids is 1. The van der Waals surface area contributed by atoms with E-state index in [0.29, 0.717) is 17.3 Å². The van der Waals surface area contributed by atoms with E-state index in [1.807, 2.05) is 29.2 Å². The molecular formula is C20H16ClFN2OS. The van der Waals surface area contributed by atoms with E-state index in [1.165, 1.54) is 23.5 Å². The molecule has 0 atom stereocenters. The Morgan fingerprint density at radius 3 is 2.50 bits per heavy atom. The van der Waals surface area contributed by atoms with Crippen molar-refractivity contribution in [3.63, 3.8) is 0 Å². The van der Waals surface area contributed by atoms with Crippen LogP contribution in [0.3, 0.4) is 0 Å². The summed E-state index contributed by atoms with van der Waals surface area (Å²) in [5, 5.41) is 3.26. The lowest BCUT2D eigenvalue weighted by atomic mass is 10.2. The van der Waals surface area contributed by atoms with E-state index in [9.17, 15) is 9.18 Å². The summed E-state index contributed by atoms with van der Waals surface area (Å²) in [5.41, 5.74) is 2.31. The molecule has 0 radical (unpaired) electrons.